The molecule has 2 aromatic rings. The molecule has 30 heavy (non-hydrogen) atoms. The highest BCUT2D eigenvalue weighted by Gasteiger charge is 2.24. The number of tetrazole rings is 1. The number of nitrogens with one attached hydrogen (secondary N) is 1. The maximum Gasteiger partial charge on any atom is 0.234 e. The van der Waals surface area contributed by atoms with Crippen molar-refractivity contribution in [1.82, 2.24) is 35.3 Å². The highest BCUT2D eigenvalue weighted by molar-refractivity contribution is 7.99. The van der Waals surface area contributed by atoms with Gasteiger partial charge in [0.15, 0.2) is 0 Å². The third-order valence-electron chi connectivity index (χ3n) is 4.47. The van der Waals surface area contributed by atoms with Crippen LogP contribution in [-0.2, 0) is 9.59 Å². The molecular formula is C19H27N7O3S. The predicted molar refractivity (Wildman–Crippen MR) is 112 cm³/mol. The van der Waals surface area contributed by atoms with Crippen LogP contribution < -0.4 is 5.32 Å². The molecule has 1 aliphatic heterocycles. The Kier molecular flexibility index (Phi) is 6.93. The molecule has 10 nitrogen and oxygen atoms in total. The minimum Gasteiger partial charge on any atom is -0.508 e. The fourth-order valence-corrected chi connectivity index (χ4v) is 3.85. The van der Waals surface area contributed by atoms with Crippen LogP contribution in [0, 0.1) is 0 Å². The first-order valence-corrected chi connectivity index (χ1v) is 10.7. The van der Waals surface area contributed by atoms with Gasteiger partial charge in [-0.2, -0.15) is 4.68 Å². The summed E-state index contributed by atoms with van der Waals surface area (Å²) in [6, 6.07) is 6.51. The molecule has 3 rings (SSSR count). The normalized spacial score (nSPS) is 15.2. The van der Waals surface area contributed by atoms with Gasteiger partial charge in [0.1, 0.15) is 5.75 Å². The standard InChI is InChI=1S/C19H27N7O3S/c1-19(2,3)20-16(28)12-24-8-10-25(11-9-24)17(29)13-30-18-21-22-23-26(18)14-4-6-15(27)7-5-14/h4-7,27H,8-13H2,1-3H3,(H,20,28). The summed E-state index contributed by atoms with van der Waals surface area (Å²) in [7, 11) is 0. The summed E-state index contributed by atoms with van der Waals surface area (Å²) < 4.78 is 1.53. The molecule has 1 fully saturated rings. The molecule has 0 unspecified atom stereocenters. The van der Waals surface area contributed by atoms with E-state index in [2.05, 4.69) is 25.7 Å². The molecule has 0 atom stereocenters. The summed E-state index contributed by atoms with van der Waals surface area (Å²) in [5.74, 6) is 0.396. The van der Waals surface area contributed by atoms with Gasteiger partial charge in [-0.15, -0.1) is 5.10 Å². The zero-order chi connectivity index (χ0) is 21.7. The lowest BCUT2D eigenvalue weighted by molar-refractivity contribution is -0.130. The van der Waals surface area contributed by atoms with E-state index in [9.17, 15) is 14.7 Å². The molecule has 1 aromatic heterocycles. The van der Waals surface area contributed by atoms with Crippen molar-refractivity contribution in [2.45, 2.75) is 31.5 Å². The maximum absolute atomic E-state index is 12.6. The number of nitrogens with zero attached hydrogens (tertiary/aromatic N) is 6. The SMILES string of the molecule is CC(C)(C)NC(=O)CN1CCN(C(=O)CSc2nnnn2-c2ccc(O)cc2)CC1. The van der Waals surface area contributed by atoms with Gasteiger partial charge in [-0.25, -0.2) is 0 Å². The monoisotopic (exact) mass is 433 g/mol. The number of phenolic OH excluding ortho intramolecular Hbond substituents is 1. The molecule has 2 N–H and O–H groups in total. The second-order valence-corrected chi connectivity index (χ2v) is 9.08. The summed E-state index contributed by atoms with van der Waals surface area (Å²) >= 11 is 1.27. The first-order valence-electron chi connectivity index (χ1n) is 9.73. The van der Waals surface area contributed by atoms with Gasteiger partial charge in [0.25, 0.3) is 0 Å². The van der Waals surface area contributed by atoms with Crippen LogP contribution in [0.3, 0.4) is 0 Å². The highest BCUT2D eigenvalue weighted by atomic mass is 32.2. The minimum absolute atomic E-state index is 0.00102. The summed E-state index contributed by atoms with van der Waals surface area (Å²) in [4.78, 5) is 28.5. The van der Waals surface area contributed by atoms with Crippen LogP contribution in [0.5, 0.6) is 5.75 Å². The fourth-order valence-electron chi connectivity index (χ4n) is 3.06. The lowest BCUT2D eigenvalue weighted by Gasteiger charge is -2.34. The number of aromatic hydroxyl groups is 1. The topological polar surface area (TPSA) is 116 Å². The van der Waals surface area contributed by atoms with E-state index in [1.807, 2.05) is 20.8 Å². The van der Waals surface area contributed by atoms with Gasteiger partial charge in [-0.1, -0.05) is 11.8 Å². The molecule has 162 valence electrons. The van der Waals surface area contributed by atoms with Gasteiger partial charge in [0.05, 0.1) is 18.0 Å². The van der Waals surface area contributed by atoms with E-state index in [1.165, 1.54) is 16.4 Å². The Bertz CT molecular complexity index is 871. The van der Waals surface area contributed by atoms with E-state index in [0.29, 0.717) is 43.6 Å². The minimum atomic E-state index is -0.248. The molecule has 11 heteroatoms. The van der Waals surface area contributed by atoms with E-state index in [1.54, 1.807) is 29.2 Å². The first kappa shape index (κ1) is 22.0. The Balaban J connectivity index is 1.47. The van der Waals surface area contributed by atoms with Gasteiger partial charge in [-0.05, 0) is 55.5 Å². The number of amides is 2. The zero-order valence-corrected chi connectivity index (χ0v) is 18.2. The Morgan fingerprint density at radius 2 is 1.80 bits per heavy atom. The van der Waals surface area contributed by atoms with Crippen molar-refractivity contribution in [3.05, 3.63) is 24.3 Å². The van der Waals surface area contributed by atoms with Crippen molar-refractivity contribution in [3.8, 4) is 11.4 Å². The van der Waals surface area contributed by atoms with Crippen LogP contribution in [0.15, 0.2) is 29.4 Å². The van der Waals surface area contributed by atoms with E-state index >= 15 is 0 Å². The second-order valence-electron chi connectivity index (χ2n) is 8.13. The molecule has 1 saturated heterocycles. The largest absolute Gasteiger partial charge is 0.508 e. The van der Waals surface area contributed by atoms with Crippen molar-refractivity contribution in [2.75, 3.05) is 38.5 Å². The number of carbonyl (C=O) groups excluding carboxylic acids is 2. The number of benzene rings is 1. The number of hydrogen-bond donors (Lipinski definition) is 2. The van der Waals surface area contributed by atoms with E-state index < -0.39 is 0 Å². The number of piperazine rings is 1. The molecule has 1 aromatic carbocycles. The van der Waals surface area contributed by atoms with Gasteiger partial charge >= 0.3 is 0 Å². The van der Waals surface area contributed by atoms with E-state index in [4.69, 9.17) is 0 Å². The molecule has 0 spiro atoms. The number of thioether (sulfide) groups is 1. The van der Waals surface area contributed by atoms with E-state index in [0.717, 1.165) is 0 Å². The molecule has 0 aliphatic carbocycles. The molecule has 0 radical (unpaired) electrons. The highest BCUT2D eigenvalue weighted by Crippen LogP contribution is 2.20. The number of aromatic nitrogens is 4. The van der Waals surface area contributed by atoms with Crippen LogP contribution in [0.4, 0.5) is 0 Å². The maximum atomic E-state index is 12.6. The summed E-state index contributed by atoms with van der Waals surface area (Å²) in [5, 5.41) is 24.5. The lowest BCUT2D eigenvalue weighted by Crippen LogP contribution is -2.53. The Labute approximate surface area is 179 Å². The van der Waals surface area contributed by atoms with Crippen molar-refractivity contribution in [3.63, 3.8) is 0 Å². The quantitative estimate of drug-likeness (QED) is 0.634. The van der Waals surface area contributed by atoms with Crippen molar-refractivity contribution in [1.29, 1.82) is 0 Å². The van der Waals surface area contributed by atoms with Crippen molar-refractivity contribution in [2.24, 2.45) is 0 Å². The molecular weight excluding hydrogens is 406 g/mol. The summed E-state index contributed by atoms with van der Waals surface area (Å²) in [6.45, 7) is 8.72. The first-order chi connectivity index (χ1) is 14.2. The van der Waals surface area contributed by atoms with Crippen molar-refractivity contribution >= 4 is 23.6 Å². The van der Waals surface area contributed by atoms with E-state index in [-0.39, 0.29) is 28.9 Å². The van der Waals surface area contributed by atoms with Gasteiger partial charge in [0, 0.05) is 31.7 Å². The molecule has 0 saturated carbocycles. The number of hydrogen-bond acceptors (Lipinski definition) is 8. The summed E-state index contributed by atoms with van der Waals surface area (Å²) in [5.41, 5.74) is 0.455. The van der Waals surface area contributed by atoms with Gasteiger partial charge in [0.2, 0.25) is 17.0 Å². The fraction of sp³-hybridized carbons (Fsp3) is 0.526. The van der Waals surface area contributed by atoms with Crippen LogP contribution in [0.2, 0.25) is 0 Å². The predicted octanol–water partition coefficient (Wildman–Crippen LogP) is 0.519. The zero-order valence-electron chi connectivity index (χ0n) is 17.4. The Hall–Kier alpha value is -2.66. The average Bonchev–Trinajstić information content (AvgIpc) is 3.14. The Morgan fingerprint density at radius 3 is 2.43 bits per heavy atom. The van der Waals surface area contributed by atoms with Crippen LogP contribution in [0.25, 0.3) is 5.69 Å². The van der Waals surface area contributed by atoms with Crippen LogP contribution in [0.1, 0.15) is 20.8 Å². The number of carbonyl (C=O) groups is 2. The lowest BCUT2D eigenvalue weighted by atomic mass is 10.1. The average molecular weight is 434 g/mol. The van der Waals surface area contributed by atoms with Crippen LogP contribution in [-0.4, -0.2) is 90.9 Å². The molecule has 0 bridgehead atoms. The smallest absolute Gasteiger partial charge is 0.234 e. The second kappa shape index (κ2) is 9.43. The van der Waals surface area contributed by atoms with Gasteiger partial charge in [-0.3, -0.25) is 14.5 Å². The number of phenols is 1. The molecule has 1 aliphatic rings. The Morgan fingerprint density at radius 1 is 1.13 bits per heavy atom. The third kappa shape index (κ3) is 6.17. The van der Waals surface area contributed by atoms with Crippen LogP contribution >= 0.6 is 11.8 Å². The third-order valence-corrected chi connectivity index (χ3v) is 5.37. The molecule has 2 amide bonds. The molecule has 2 heterocycles. The van der Waals surface area contributed by atoms with Gasteiger partial charge < -0.3 is 15.3 Å². The summed E-state index contributed by atoms with van der Waals surface area (Å²) in [6.07, 6.45) is 0. The van der Waals surface area contributed by atoms with Crippen molar-refractivity contribution < 1.29 is 14.7 Å². The number of rotatable bonds is 6.